The summed E-state index contributed by atoms with van der Waals surface area (Å²) < 4.78 is 2.29. The van der Waals surface area contributed by atoms with Gasteiger partial charge in [0.05, 0.1) is 0 Å². The van der Waals surface area contributed by atoms with E-state index in [9.17, 15) is 4.79 Å². The van der Waals surface area contributed by atoms with E-state index in [1.165, 1.54) is 16.4 Å². The zero-order valence-electron chi connectivity index (χ0n) is 13.0. The highest BCUT2D eigenvalue weighted by molar-refractivity contribution is 6.09. The SMILES string of the molecule is CCn1c2ccccc2c2cc(NC(=O)CC(C)N)ccc21. The standard InChI is InChI=1S/C18H21N3O/c1-3-21-16-7-5-4-6-14(16)15-11-13(8-9-17(15)21)20-18(22)10-12(2)19/h4-9,11-12H,3,10,19H2,1-2H3,(H,20,22). The van der Waals surface area contributed by atoms with Gasteiger partial charge >= 0.3 is 0 Å². The van der Waals surface area contributed by atoms with Crippen LogP contribution in [0.2, 0.25) is 0 Å². The van der Waals surface area contributed by atoms with Crippen LogP contribution in [0.5, 0.6) is 0 Å². The highest BCUT2D eigenvalue weighted by Crippen LogP contribution is 2.30. The van der Waals surface area contributed by atoms with Crippen molar-refractivity contribution in [1.29, 1.82) is 0 Å². The molecule has 0 saturated carbocycles. The van der Waals surface area contributed by atoms with Crippen molar-refractivity contribution in [3.63, 3.8) is 0 Å². The lowest BCUT2D eigenvalue weighted by molar-refractivity contribution is -0.116. The first-order valence-electron chi connectivity index (χ1n) is 7.66. The maximum Gasteiger partial charge on any atom is 0.225 e. The largest absolute Gasteiger partial charge is 0.341 e. The number of hydrogen-bond donors (Lipinski definition) is 2. The third kappa shape index (κ3) is 2.57. The Bertz CT molecular complexity index is 833. The van der Waals surface area contributed by atoms with Crippen LogP contribution in [0.3, 0.4) is 0 Å². The zero-order valence-corrected chi connectivity index (χ0v) is 13.0. The Morgan fingerprint density at radius 1 is 1.18 bits per heavy atom. The number of nitrogens with two attached hydrogens (primary N) is 1. The van der Waals surface area contributed by atoms with Gasteiger partial charge in [0.15, 0.2) is 0 Å². The van der Waals surface area contributed by atoms with Crippen molar-refractivity contribution in [2.24, 2.45) is 5.73 Å². The quantitative estimate of drug-likeness (QED) is 0.774. The summed E-state index contributed by atoms with van der Waals surface area (Å²) in [5, 5.41) is 5.30. The second kappa shape index (κ2) is 5.81. The molecule has 0 aliphatic carbocycles. The molecule has 4 heteroatoms. The summed E-state index contributed by atoms with van der Waals surface area (Å²) in [4.78, 5) is 11.9. The summed E-state index contributed by atoms with van der Waals surface area (Å²) in [5.41, 5.74) is 8.90. The lowest BCUT2D eigenvalue weighted by Crippen LogP contribution is -2.23. The molecule has 0 radical (unpaired) electrons. The molecule has 1 aromatic heterocycles. The number of anilines is 1. The molecule has 3 N–H and O–H groups in total. The van der Waals surface area contributed by atoms with Crippen LogP contribution in [-0.2, 0) is 11.3 Å². The van der Waals surface area contributed by atoms with E-state index < -0.39 is 0 Å². The molecule has 0 bridgehead atoms. The minimum absolute atomic E-state index is 0.0476. The van der Waals surface area contributed by atoms with Crippen LogP contribution in [0.1, 0.15) is 20.3 Å². The molecule has 3 aromatic rings. The molecule has 3 rings (SSSR count). The monoisotopic (exact) mass is 295 g/mol. The van der Waals surface area contributed by atoms with Gasteiger partial charge in [0, 0.05) is 46.5 Å². The molecule has 0 aliphatic heterocycles. The van der Waals surface area contributed by atoms with Crippen LogP contribution >= 0.6 is 0 Å². The van der Waals surface area contributed by atoms with Crippen molar-refractivity contribution < 1.29 is 4.79 Å². The number of amides is 1. The molecule has 22 heavy (non-hydrogen) atoms. The highest BCUT2D eigenvalue weighted by atomic mass is 16.1. The number of para-hydroxylation sites is 1. The number of aromatic nitrogens is 1. The third-order valence-corrected chi connectivity index (χ3v) is 3.88. The van der Waals surface area contributed by atoms with E-state index in [2.05, 4.69) is 41.1 Å². The molecule has 1 heterocycles. The number of nitrogens with one attached hydrogen (secondary N) is 1. The number of hydrogen-bond acceptors (Lipinski definition) is 2. The van der Waals surface area contributed by atoms with Crippen molar-refractivity contribution >= 4 is 33.4 Å². The van der Waals surface area contributed by atoms with Gasteiger partial charge in [-0.05, 0) is 38.1 Å². The topological polar surface area (TPSA) is 60.0 Å². The molecule has 0 aliphatic rings. The van der Waals surface area contributed by atoms with Gasteiger partial charge < -0.3 is 15.6 Å². The maximum absolute atomic E-state index is 11.9. The summed E-state index contributed by atoms with van der Waals surface area (Å²) in [6.07, 6.45) is 0.328. The number of rotatable bonds is 4. The fourth-order valence-corrected chi connectivity index (χ4v) is 2.98. The third-order valence-electron chi connectivity index (χ3n) is 3.88. The molecule has 0 saturated heterocycles. The lowest BCUT2D eigenvalue weighted by Gasteiger charge is -2.08. The van der Waals surface area contributed by atoms with E-state index in [1.54, 1.807) is 0 Å². The zero-order chi connectivity index (χ0) is 15.7. The van der Waals surface area contributed by atoms with Crippen LogP contribution in [0.25, 0.3) is 21.8 Å². The van der Waals surface area contributed by atoms with E-state index in [-0.39, 0.29) is 11.9 Å². The number of aryl methyl sites for hydroxylation is 1. The van der Waals surface area contributed by atoms with E-state index in [0.29, 0.717) is 6.42 Å². The highest BCUT2D eigenvalue weighted by Gasteiger charge is 2.11. The van der Waals surface area contributed by atoms with E-state index in [0.717, 1.165) is 17.6 Å². The first-order chi connectivity index (χ1) is 10.6. The minimum atomic E-state index is -0.134. The van der Waals surface area contributed by atoms with Crippen molar-refractivity contribution in [1.82, 2.24) is 4.57 Å². The molecule has 4 nitrogen and oxygen atoms in total. The average molecular weight is 295 g/mol. The molecule has 0 fully saturated rings. The van der Waals surface area contributed by atoms with Crippen molar-refractivity contribution in [2.75, 3.05) is 5.32 Å². The minimum Gasteiger partial charge on any atom is -0.341 e. The number of carbonyl (C=O) groups excluding carboxylic acids is 1. The molecule has 0 spiro atoms. The van der Waals surface area contributed by atoms with Crippen LogP contribution in [0, 0.1) is 0 Å². The fourth-order valence-electron chi connectivity index (χ4n) is 2.98. The second-order valence-corrected chi connectivity index (χ2v) is 5.72. The summed E-state index contributed by atoms with van der Waals surface area (Å²) in [6.45, 7) is 4.89. The number of benzene rings is 2. The van der Waals surface area contributed by atoms with Gasteiger partial charge in [0.1, 0.15) is 0 Å². The second-order valence-electron chi connectivity index (χ2n) is 5.72. The lowest BCUT2D eigenvalue weighted by atomic mass is 10.1. The van der Waals surface area contributed by atoms with Gasteiger partial charge in [-0.3, -0.25) is 4.79 Å². The van der Waals surface area contributed by atoms with Gasteiger partial charge in [-0.25, -0.2) is 0 Å². The van der Waals surface area contributed by atoms with Crippen LogP contribution in [0.15, 0.2) is 42.5 Å². The Morgan fingerprint density at radius 2 is 1.91 bits per heavy atom. The van der Waals surface area contributed by atoms with E-state index in [1.807, 2.05) is 25.1 Å². The van der Waals surface area contributed by atoms with Crippen molar-refractivity contribution in [3.05, 3.63) is 42.5 Å². The van der Waals surface area contributed by atoms with Gasteiger partial charge in [0.25, 0.3) is 0 Å². The van der Waals surface area contributed by atoms with Gasteiger partial charge in [-0.2, -0.15) is 0 Å². The van der Waals surface area contributed by atoms with Crippen LogP contribution in [0.4, 0.5) is 5.69 Å². The summed E-state index contributed by atoms with van der Waals surface area (Å²) in [7, 11) is 0. The normalized spacial score (nSPS) is 12.7. The first kappa shape index (κ1) is 14.6. The molecule has 1 unspecified atom stereocenters. The molecule has 1 amide bonds. The van der Waals surface area contributed by atoms with Gasteiger partial charge in [-0.1, -0.05) is 18.2 Å². The first-order valence-corrected chi connectivity index (χ1v) is 7.66. The molecule has 2 aromatic carbocycles. The Hall–Kier alpha value is -2.33. The van der Waals surface area contributed by atoms with Crippen molar-refractivity contribution in [2.45, 2.75) is 32.9 Å². The fraction of sp³-hybridized carbons (Fsp3) is 0.278. The van der Waals surface area contributed by atoms with Crippen LogP contribution in [-0.4, -0.2) is 16.5 Å². The van der Waals surface area contributed by atoms with E-state index in [4.69, 9.17) is 5.73 Å². The summed E-state index contributed by atoms with van der Waals surface area (Å²) in [6, 6.07) is 14.3. The summed E-state index contributed by atoms with van der Waals surface area (Å²) >= 11 is 0. The average Bonchev–Trinajstić information content (AvgIpc) is 2.79. The van der Waals surface area contributed by atoms with Crippen LogP contribution < -0.4 is 11.1 Å². The Labute approximate surface area is 129 Å². The predicted octanol–water partition coefficient (Wildman–Crippen LogP) is 3.49. The Morgan fingerprint density at radius 3 is 2.64 bits per heavy atom. The number of nitrogens with zero attached hydrogens (tertiary/aromatic N) is 1. The number of carbonyl (C=O) groups is 1. The maximum atomic E-state index is 11.9. The predicted molar refractivity (Wildman–Crippen MR) is 92.0 cm³/mol. The molecular formula is C18H21N3O. The summed E-state index contributed by atoms with van der Waals surface area (Å²) in [5.74, 6) is -0.0476. The molecule has 1 atom stereocenters. The molecular weight excluding hydrogens is 274 g/mol. The van der Waals surface area contributed by atoms with Gasteiger partial charge in [-0.15, -0.1) is 0 Å². The van der Waals surface area contributed by atoms with Crippen molar-refractivity contribution in [3.8, 4) is 0 Å². The van der Waals surface area contributed by atoms with E-state index >= 15 is 0 Å². The number of fused-ring (bicyclic) bond motifs is 3. The Kier molecular flexibility index (Phi) is 3.86. The van der Waals surface area contributed by atoms with Gasteiger partial charge in [0.2, 0.25) is 5.91 Å². The Balaban J connectivity index is 2.06. The smallest absolute Gasteiger partial charge is 0.225 e. The molecule has 114 valence electrons.